The van der Waals surface area contributed by atoms with Gasteiger partial charge < -0.3 is 0 Å². The van der Waals surface area contributed by atoms with Crippen LogP contribution in [0.2, 0.25) is 0 Å². The first-order valence-electron chi connectivity index (χ1n) is 4.37. The van der Waals surface area contributed by atoms with Gasteiger partial charge in [0.05, 0.1) is 5.56 Å². The molecule has 0 spiro atoms. The summed E-state index contributed by atoms with van der Waals surface area (Å²) in [6.07, 6.45) is -1.66. The van der Waals surface area contributed by atoms with Crippen LogP contribution in [0.15, 0.2) is 16.6 Å². The summed E-state index contributed by atoms with van der Waals surface area (Å²) in [6, 6.07) is 2.75. The van der Waals surface area contributed by atoms with Gasteiger partial charge in [-0.2, -0.15) is 13.2 Å². The Balaban J connectivity index is 2.56. The van der Waals surface area contributed by atoms with Crippen molar-refractivity contribution in [3.8, 4) is 0 Å². The van der Waals surface area contributed by atoms with Crippen molar-refractivity contribution >= 4 is 15.9 Å². The van der Waals surface area contributed by atoms with Gasteiger partial charge in [-0.15, -0.1) is 0 Å². The van der Waals surface area contributed by atoms with Crippen LogP contribution in [0.3, 0.4) is 0 Å². The van der Waals surface area contributed by atoms with Gasteiger partial charge in [0.15, 0.2) is 0 Å². The lowest BCUT2D eigenvalue weighted by Gasteiger charge is -2.12. The van der Waals surface area contributed by atoms with Crippen LogP contribution in [0.4, 0.5) is 13.2 Å². The number of fused-ring (bicyclic) bond motifs is 1. The van der Waals surface area contributed by atoms with E-state index in [1.54, 1.807) is 6.07 Å². The van der Waals surface area contributed by atoms with Gasteiger partial charge in [0, 0.05) is 4.47 Å². The topological polar surface area (TPSA) is 0 Å². The standard InChI is InChI=1S/C10H8BrF3/c11-9-7-3-1-2-6(7)4-5-8(9)10(12,13)14/h4-5H,1-3H2. The second-order valence-corrected chi connectivity index (χ2v) is 4.21. The van der Waals surface area contributed by atoms with E-state index in [9.17, 15) is 13.2 Å². The second-order valence-electron chi connectivity index (χ2n) is 3.42. The molecule has 0 fully saturated rings. The van der Waals surface area contributed by atoms with E-state index in [2.05, 4.69) is 15.9 Å². The third-order valence-corrected chi connectivity index (χ3v) is 3.42. The zero-order chi connectivity index (χ0) is 10.3. The maximum atomic E-state index is 12.5. The summed E-state index contributed by atoms with van der Waals surface area (Å²) in [4.78, 5) is 0. The number of rotatable bonds is 0. The molecule has 0 aromatic heterocycles. The third kappa shape index (κ3) is 1.56. The Morgan fingerprint density at radius 3 is 2.50 bits per heavy atom. The summed E-state index contributed by atoms with van der Waals surface area (Å²) in [5.41, 5.74) is 1.32. The molecule has 4 heteroatoms. The highest BCUT2D eigenvalue weighted by atomic mass is 79.9. The van der Waals surface area contributed by atoms with E-state index in [-0.39, 0.29) is 4.47 Å². The Morgan fingerprint density at radius 1 is 1.14 bits per heavy atom. The lowest BCUT2D eigenvalue weighted by Crippen LogP contribution is -2.07. The normalized spacial score (nSPS) is 15.7. The van der Waals surface area contributed by atoms with Crippen molar-refractivity contribution in [2.75, 3.05) is 0 Å². The quantitative estimate of drug-likeness (QED) is 0.666. The van der Waals surface area contributed by atoms with E-state index >= 15 is 0 Å². The van der Waals surface area contributed by atoms with Crippen LogP contribution in [0.1, 0.15) is 23.1 Å². The molecule has 1 aromatic carbocycles. The summed E-state index contributed by atoms with van der Waals surface area (Å²) in [5, 5.41) is 0. The SMILES string of the molecule is FC(F)(F)c1ccc2c(c1Br)CCC2. The maximum absolute atomic E-state index is 12.5. The van der Waals surface area contributed by atoms with Crippen LogP contribution in [0, 0.1) is 0 Å². The third-order valence-electron chi connectivity index (χ3n) is 2.52. The van der Waals surface area contributed by atoms with Crippen molar-refractivity contribution in [1.29, 1.82) is 0 Å². The smallest absolute Gasteiger partial charge is 0.166 e. The molecule has 0 atom stereocenters. The Kier molecular flexibility index (Phi) is 2.33. The summed E-state index contributed by atoms with van der Waals surface area (Å²) in [5.74, 6) is 0. The molecule has 0 N–H and O–H groups in total. The molecule has 0 heterocycles. The van der Waals surface area contributed by atoms with E-state index < -0.39 is 11.7 Å². The van der Waals surface area contributed by atoms with Gasteiger partial charge in [-0.25, -0.2) is 0 Å². The van der Waals surface area contributed by atoms with E-state index in [4.69, 9.17) is 0 Å². The molecule has 0 bridgehead atoms. The van der Waals surface area contributed by atoms with E-state index in [0.717, 1.165) is 36.5 Å². The molecule has 0 aliphatic heterocycles. The Labute approximate surface area is 88.2 Å². The Hall–Kier alpha value is -0.510. The zero-order valence-electron chi connectivity index (χ0n) is 7.29. The largest absolute Gasteiger partial charge is 0.417 e. The van der Waals surface area contributed by atoms with Crippen LogP contribution in [-0.2, 0) is 19.0 Å². The molecule has 2 rings (SSSR count). The van der Waals surface area contributed by atoms with Crippen molar-refractivity contribution in [3.05, 3.63) is 33.3 Å². The van der Waals surface area contributed by atoms with Crippen molar-refractivity contribution in [1.82, 2.24) is 0 Å². The van der Waals surface area contributed by atoms with E-state index in [0.29, 0.717) is 0 Å². The first-order chi connectivity index (χ1) is 6.50. The average molecular weight is 265 g/mol. The van der Waals surface area contributed by atoms with E-state index in [1.165, 1.54) is 0 Å². The number of hydrogen-bond donors (Lipinski definition) is 0. The summed E-state index contributed by atoms with van der Waals surface area (Å²) >= 11 is 3.05. The van der Waals surface area contributed by atoms with Gasteiger partial charge in [-0.05, 0) is 52.4 Å². The average Bonchev–Trinajstić information content (AvgIpc) is 2.50. The maximum Gasteiger partial charge on any atom is 0.417 e. The summed E-state index contributed by atoms with van der Waals surface area (Å²) in [7, 11) is 0. The molecule has 1 aliphatic carbocycles. The molecule has 0 saturated heterocycles. The highest BCUT2D eigenvalue weighted by molar-refractivity contribution is 9.10. The lowest BCUT2D eigenvalue weighted by atomic mass is 10.1. The first-order valence-corrected chi connectivity index (χ1v) is 5.17. The molecule has 14 heavy (non-hydrogen) atoms. The first kappa shape index (κ1) is 10.0. The minimum Gasteiger partial charge on any atom is -0.166 e. The van der Waals surface area contributed by atoms with Gasteiger partial charge in [-0.1, -0.05) is 6.07 Å². The van der Waals surface area contributed by atoms with Crippen LogP contribution in [-0.4, -0.2) is 0 Å². The van der Waals surface area contributed by atoms with Crippen LogP contribution in [0.25, 0.3) is 0 Å². The molecule has 76 valence electrons. The molecule has 0 amide bonds. The van der Waals surface area contributed by atoms with Gasteiger partial charge in [0.2, 0.25) is 0 Å². The van der Waals surface area contributed by atoms with Gasteiger partial charge in [-0.3, -0.25) is 0 Å². The lowest BCUT2D eigenvalue weighted by molar-refractivity contribution is -0.138. The molecule has 0 saturated carbocycles. The Bertz CT molecular complexity index is 368. The number of hydrogen-bond acceptors (Lipinski definition) is 0. The van der Waals surface area contributed by atoms with Crippen LogP contribution < -0.4 is 0 Å². The molecule has 0 unspecified atom stereocenters. The molecule has 1 aliphatic rings. The Morgan fingerprint density at radius 2 is 1.86 bits per heavy atom. The van der Waals surface area contributed by atoms with Crippen molar-refractivity contribution < 1.29 is 13.2 Å². The van der Waals surface area contributed by atoms with Gasteiger partial charge >= 0.3 is 6.18 Å². The van der Waals surface area contributed by atoms with Gasteiger partial charge in [0.1, 0.15) is 0 Å². The predicted octanol–water partition coefficient (Wildman–Crippen LogP) is 3.96. The number of aryl methyl sites for hydroxylation is 1. The van der Waals surface area contributed by atoms with Crippen molar-refractivity contribution in [2.45, 2.75) is 25.4 Å². The number of alkyl halides is 3. The molecule has 0 nitrogen and oxygen atoms in total. The monoisotopic (exact) mass is 264 g/mol. The van der Waals surface area contributed by atoms with Crippen LogP contribution >= 0.6 is 15.9 Å². The highest BCUT2D eigenvalue weighted by Crippen LogP contribution is 2.40. The predicted molar refractivity (Wildman–Crippen MR) is 51.2 cm³/mol. The molecular formula is C10H8BrF3. The highest BCUT2D eigenvalue weighted by Gasteiger charge is 2.34. The fourth-order valence-electron chi connectivity index (χ4n) is 1.84. The van der Waals surface area contributed by atoms with E-state index in [1.807, 2.05) is 0 Å². The van der Waals surface area contributed by atoms with Crippen LogP contribution in [0.5, 0.6) is 0 Å². The summed E-state index contributed by atoms with van der Waals surface area (Å²) in [6.45, 7) is 0. The molecule has 0 radical (unpaired) electrons. The fraction of sp³-hybridized carbons (Fsp3) is 0.400. The fourth-order valence-corrected chi connectivity index (χ4v) is 2.65. The van der Waals surface area contributed by atoms with Crippen molar-refractivity contribution in [3.63, 3.8) is 0 Å². The number of benzene rings is 1. The number of halogens is 4. The van der Waals surface area contributed by atoms with Crippen molar-refractivity contribution in [2.24, 2.45) is 0 Å². The van der Waals surface area contributed by atoms with Gasteiger partial charge in [0.25, 0.3) is 0 Å². The summed E-state index contributed by atoms with van der Waals surface area (Å²) < 4.78 is 37.7. The minimum absolute atomic E-state index is 0.236. The minimum atomic E-state index is -4.25. The molecular weight excluding hydrogens is 257 g/mol. The second kappa shape index (κ2) is 3.26. The zero-order valence-corrected chi connectivity index (χ0v) is 8.87. The molecule has 1 aromatic rings.